The molecule has 0 radical (unpaired) electrons. The Morgan fingerprint density at radius 3 is 2.72 bits per heavy atom. The topological polar surface area (TPSA) is 113 Å². The van der Waals surface area contributed by atoms with Crippen LogP contribution in [0, 0.1) is 15.5 Å². The van der Waals surface area contributed by atoms with Crippen molar-refractivity contribution >= 4 is 29.2 Å². The number of hydrogen-bond donors (Lipinski definition) is 0. The molecule has 2 fully saturated rings. The third kappa shape index (κ3) is 2.62. The summed E-state index contributed by atoms with van der Waals surface area (Å²) in [5.41, 5.74) is -0.341. The van der Waals surface area contributed by atoms with Gasteiger partial charge in [0.1, 0.15) is 0 Å². The zero-order valence-electron chi connectivity index (χ0n) is 16.3. The van der Waals surface area contributed by atoms with E-state index in [4.69, 9.17) is 4.74 Å². The van der Waals surface area contributed by atoms with E-state index < -0.39 is 34.2 Å². The number of benzene rings is 1. The number of fused-ring (bicyclic) bond motifs is 4. The number of rotatable bonds is 3. The van der Waals surface area contributed by atoms with Gasteiger partial charge in [-0.15, -0.1) is 0 Å². The molecule has 2 unspecified atom stereocenters. The quantitative estimate of drug-likeness (QED) is 0.424. The van der Waals surface area contributed by atoms with Gasteiger partial charge in [-0.05, 0) is 18.1 Å². The maximum absolute atomic E-state index is 13.6. The highest BCUT2D eigenvalue weighted by Crippen LogP contribution is 2.47. The summed E-state index contributed by atoms with van der Waals surface area (Å²) in [5.74, 6) is -1.14. The molecule has 3 aliphatic heterocycles. The zero-order valence-corrected chi connectivity index (χ0v) is 16.3. The number of morpholine rings is 1. The Bertz CT molecular complexity index is 918. The molecule has 3 heterocycles. The van der Waals surface area contributed by atoms with Crippen molar-refractivity contribution in [1.82, 2.24) is 9.80 Å². The van der Waals surface area contributed by atoms with E-state index in [9.17, 15) is 24.5 Å². The lowest BCUT2D eigenvalue weighted by molar-refractivity contribution is -0.384. The predicted molar refractivity (Wildman–Crippen MR) is 101 cm³/mol. The van der Waals surface area contributed by atoms with E-state index in [1.165, 1.54) is 19.2 Å². The van der Waals surface area contributed by atoms with Crippen LogP contribution in [0.1, 0.15) is 18.9 Å². The number of barbiturate groups is 1. The number of nitrogens with zero attached hydrogens (tertiary/aromatic N) is 4. The molecule has 154 valence electrons. The minimum atomic E-state index is -1.56. The number of hydrogen-bond acceptors (Lipinski definition) is 7. The molecule has 0 saturated carbocycles. The predicted octanol–water partition coefficient (Wildman–Crippen LogP) is 1.17. The number of non-ortho nitro benzene ring substituents is 1. The van der Waals surface area contributed by atoms with Gasteiger partial charge in [-0.25, -0.2) is 4.79 Å². The fraction of sp³-hybridized carbons (Fsp3) is 0.526. The third-order valence-electron chi connectivity index (χ3n) is 6.03. The number of amides is 4. The Kier molecular flexibility index (Phi) is 4.53. The van der Waals surface area contributed by atoms with Crippen LogP contribution in [0.5, 0.6) is 0 Å². The molecule has 10 heteroatoms. The van der Waals surface area contributed by atoms with Gasteiger partial charge in [0.05, 0.1) is 24.2 Å². The van der Waals surface area contributed by atoms with Crippen LogP contribution in [0.4, 0.5) is 16.2 Å². The molecule has 4 rings (SSSR count). The van der Waals surface area contributed by atoms with Crippen molar-refractivity contribution < 1.29 is 24.0 Å². The first-order valence-corrected chi connectivity index (χ1v) is 9.58. The smallest absolute Gasteiger partial charge is 0.333 e. The van der Waals surface area contributed by atoms with Gasteiger partial charge in [0.25, 0.3) is 5.69 Å². The van der Waals surface area contributed by atoms with Gasteiger partial charge in [-0.2, -0.15) is 0 Å². The fourth-order valence-electron chi connectivity index (χ4n) is 4.67. The highest BCUT2D eigenvalue weighted by molar-refractivity contribution is 6.20. The molecule has 0 N–H and O–H groups in total. The summed E-state index contributed by atoms with van der Waals surface area (Å²) in [6.45, 7) is 3.07. The summed E-state index contributed by atoms with van der Waals surface area (Å²) in [6, 6.07) is 3.28. The Hall–Kier alpha value is -3.01. The van der Waals surface area contributed by atoms with Gasteiger partial charge in [0.2, 0.25) is 11.8 Å². The van der Waals surface area contributed by atoms with Crippen LogP contribution in [0.25, 0.3) is 0 Å². The second-order valence-electron chi connectivity index (χ2n) is 7.61. The molecule has 1 aromatic rings. The van der Waals surface area contributed by atoms with Crippen LogP contribution >= 0.6 is 0 Å². The first-order chi connectivity index (χ1) is 13.8. The van der Waals surface area contributed by atoms with Crippen LogP contribution in [0.15, 0.2) is 18.2 Å². The van der Waals surface area contributed by atoms with Crippen molar-refractivity contribution in [2.75, 3.05) is 38.3 Å². The van der Waals surface area contributed by atoms with Crippen LogP contribution in [0.2, 0.25) is 0 Å². The van der Waals surface area contributed by atoms with Crippen molar-refractivity contribution in [3.63, 3.8) is 0 Å². The molecule has 1 aromatic carbocycles. The molecular formula is C19H22N4O6. The molecule has 10 nitrogen and oxygen atoms in total. The molecule has 0 aliphatic carbocycles. The summed E-state index contributed by atoms with van der Waals surface area (Å²) in [6.07, 6.45) is 0.548. The Balaban J connectivity index is 1.90. The number of carbonyl (C=O) groups is 3. The SMILES string of the molecule is CCCN1C(=O)N(C)C(=O)C2(Cc3cc([N+](=O)[O-])ccc3N3CCOCC32)C1=O. The molecule has 4 amide bonds. The summed E-state index contributed by atoms with van der Waals surface area (Å²) >= 11 is 0. The number of nitro benzene ring substituents is 1. The summed E-state index contributed by atoms with van der Waals surface area (Å²) in [7, 11) is 1.37. The van der Waals surface area contributed by atoms with Crippen LogP contribution in [-0.4, -0.2) is 72.0 Å². The molecule has 0 bridgehead atoms. The first-order valence-electron chi connectivity index (χ1n) is 9.58. The van der Waals surface area contributed by atoms with Crippen molar-refractivity contribution in [3.05, 3.63) is 33.9 Å². The molecular weight excluding hydrogens is 380 g/mol. The average molecular weight is 402 g/mol. The summed E-state index contributed by atoms with van der Waals surface area (Å²) < 4.78 is 5.62. The average Bonchev–Trinajstić information content (AvgIpc) is 2.73. The molecule has 2 atom stereocenters. The molecule has 1 spiro atoms. The zero-order chi connectivity index (χ0) is 20.9. The van der Waals surface area contributed by atoms with Crippen molar-refractivity contribution in [2.45, 2.75) is 25.8 Å². The number of nitro groups is 1. The highest BCUT2D eigenvalue weighted by Gasteiger charge is 2.64. The normalized spacial score (nSPS) is 26.6. The number of imide groups is 2. The number of anilines is 1. The standard InChI is InChI=1S/C19H22N4O6/c1-3-6-22-17(25)19(16(24)20(2)18(22)26)10-12-9-13(23(27)28)4-5-14(12)21-7-8-29-11-15(19)21/h4-5,9,15H,3,6-8,10-11H2,1-2H3. The highest BCUT2D eigenvalue weighted by atomic mass is 16.6. The molecule has 29 heavy (non-hydrogen) atoms. The Morgan fingerprint density at radius 1 is 1.28 bits per heavy atom. The third-order valence-corrected chi connectivity index (χ3v) is 6.03. The van der Waals surface area contributed by atoms with E-state index in [2.05, 4.69) is 0 Å². The van der Waals surface area contributed by atoms with Gasteiger partial charge in [-0.1, -0.05) is 6.92 Å². The maximum Gasteiger partial charge on any atom is 0.333 e. The van der Waals surface area contributed by atoms with E-state index in [1.54, 1.807) is 6.07 Å². The van der Waals surface area contributed by atoms with Crippen molar-refractivity contribution in [3.8, 4) is 0 Å². The lowest BCUT2D eigenvalue weighted by atomic mass is 9.68. The van der Waals surface area contributed by atoms with Gasteiger partial charge >= 0.3 is 6.03 Å². The van der Waals surface area contributed by atoms with Crippen LogP contribution in [-0.2, 0) is 20.7 Å². The lowest BCUT2D eigenvalue weighted by Crippen LogP contribution is -2.74. The summed E-state index contributed by atoms with van der Waals surface area (Å²) in [4.78, 5) is 54.4. The fourth-order valence-corrected chi connectivity index (χ4v) is 4.67. The van der Waals surface area contributed by atoms with E-state index in [0.29, 0.717) is 25.1 Å². The van der Waals surface area contributed by atoms with Gasteiger partial charge in [-0.3, -0.25) is 29.5 Å². The number of carbonyl (C=O) groups excluding carboxylic acids is 3. The Labute approximate surface area is 167 Å². The number of urea groups is 1. The van der Waals surface area contributed by atoms with E-state index in [1.807, 2.05) is 11.8 Å². The first kappa shape index (κ1) is 19.3. The van der Waals surface area contributed by atoms with Crippen molar-refractivity contribution in [1.29, 1.82) is 0 Å². The minimum Gasteiger partial charge on any atom is -0.377 e. The largest absolute Gasteiger partial charge is 0.377 e. The molecule has 2 saturated heterocycles. The number of ether oxygens (including phenoxy) is 1. The van der Waals surface area contributed by atoms with Gasteiger partial charge < -0.3 is 9.64 Å². The molecule has 3 aliphatic rings. The lowest BCUT2D eigenvalue weighted by Gasteiger charge is -2.54. The van der Waals surface area contributed by atoms with Crippen LogP contribution < -0.4 is 4.90 Å². The van der Waals surface area contributed by atoms with E-state index in [-0.39, 0.29) is 25.3 Å². The second kappa shape index (κ2) is 6.80. The maximum atomic E-state index is 13.6. The van der Waals surface area contributed by atoms with E-state index in [0.717, 1.165) is 15.5 Å². The van der Waals surface area contributed by atoms with Crippen LogP contribution in [0.3, 0.4) is 0 Å². The second-order valence-corrected chi connectivity index (χ2v) is 7.61. The molecule has 0 aromatic heterocycles. The van der Waals surface area contributed by atoms with Crippen molar-refractivity contribution in [2.24, 2.45) is 5.41 Å². The summed E-state index contributed by atoms with van der Waals surface area (Å²) in [5, 5.41) is 11.3. The minimum absolute atomic E-state index is 0.00988. The van der Waals surface area contributed by atoms with Gasteiger partial charge in [0, 0.05) is 44.4 Å². The van der Waals surface area contributed by atoms with Gasteiger partial charge in [0.15, 0.2) is 5.41 Å². The van der Waals surface area contributed by atoms with E-state index >= 15 is 0 Å². The monoisotopic (exact) mass is 402 g/mol. The Morgan fingerprint density at radius 2 is 2.03 bits per heavy atom.